The number of aromatic nitrogens is 1. The number of likely N-dealkylation sites (tertiary alicyclic amines) is 1. The Morgan fingerprint density at radius 2 is 2.35 bits per heavy atom. The van der Waals surface area contributed by atoms with Gasteiger partial charge in [-0.1, -0.05) is 6.07 Å². The molecule has 1 aromatic heterocycles. The summed E-state index contributed by atoms with van der Waals surface area (Å²) in [6, 6.07) is 5.55. The summed E-state index contributed by atoms with van der Waals surface area (Å²) >= 11 is 0. The lowest BCUT2D eigenvalue weighted by molar-refractivity contribution is -0.133. The van der Waals surface area contributed by atoms with Gasteiger partial charge in [0.1, 0.15) is 0 Å². The lowest BCUT2D eigenvalue weighted by Gasteiger charge is -2.14. The molecule has 1 fully saturated rings. The van der Waals surface area contributed by atoms with Gasteiger partial charge in [0.2, 0.25) is 11.8 Å². The fraction of sp³-hybridized carbons (Fsp3) is 0.417. The summed E-state index contributed by atoms with van der Waals surface area (Å²) in [4.78, 5) is 28.6. The summed E-state index contributed by atoms with van der Waals surface area (Å²) in [6.45, 7) is 1.25. The second kappa shape index (κ2) is 5.43. The smallest absolute Gasteiger partial charge is 0.239 e. The molecule has 2 amide bonds. The van der Waals surface area contributed by atoms with Gasteiger partial charge in [-0.3, -0.25) is 14.6 Å². The summed E-state index contributed by atoms with van der Waals surface area (Å²) < 4.78 is 0. The van der Waals surface area contributed by atoms with Crippen molar-refractivity contribution in [3.05, 3.63) is 30.1 Å². The van der Waals surface area contributed by atoms with Gasteiger partial charge >= 0.3 is 0 Å². The van der Waals surface area contributed by atoms with Crippen LogP contribution in [0, 0.1) is 0 Å². The molecule has 0 bridgehead atoms. The van der Waals surface area contributed by atoms with Crippen LogP contribution in [0.1, 0.15) is 18.5 Å². The summed E-state index contributed by atoms with van der Waals surface area (Å²) in [6.07, 6.45) is 3.10. The molecule has 1 aliphatic rings. The van der Waals surface area contributed by atoms with E-state index in [0.29, 0.717) is 19.5 Å². The number of nitrogens with zero attached hydrogens (tertiary/aromatic N) is 2. The van der Waals surface area contributed by atoms with Crippen molar-refractivity contribution >= 4 is 11.8 Å². The number of rotatable bonds is 4. The standard InChI is InChI=1S/C12H15N3O2/c16-11(9-15-7-3-5-12(15)17)14-8-10-4-1-2-6-13-10/h1-2,4,6H,3,5,7-9H2,(H,14,16). The molecule has 1 N–H and O–H groups in total. The largest absolute Gasteiger partial charge is 0.349 e. The molecule has 0 radical (unpaired) electrons. The van der Waals surface area contributed by atoms with Gasteiger partial charge < -0.3 is 10.2 Å². The molecule has 5 nitrogen and oxygen atoms in total. The average molecular weight is 233 g/mol. The van der Waals surface area contributed by atoms with Gasteiger partial charge in [0.05, 0.1) is 18.8 Å². The topological polar surface area (TPSA) is 62.3 Å². The second-order valence-electron chi connectivity index (χ2n) is 4.02. The highest BCUT2D eigenvalue weighted by molar-refractivity contribution is 5.85. The van der Waals surface area contributed by atoms with Crippen LogP contribution in [0.3, 0.4) is 0 Å². The molecule has 1 aromatic rings. The number of pyridine rings is 1. The number of carbonyl (C=O) groups is 2. The first-order valence-corrected chi connectivity index (χ1v) is 5.70. The van der Waals surface area contributed by atoms with E-state index in [1.165, 1.54) is 0 Å². The van der Waals surface area contributed by atoms with Crippen LogP contribution >= 0.6 is 0 Å². The minimum atomic E-state index is -0.133. The lowest BCUT2D eigenvalue weighted by atomic mass is 10.3. The van der Waals surface area contributed by atoms with Crippen molar-refractivity contribution in [2.45, 2.75) is 19.4 Å². The first-order valence-electron chi connectivity index (χ1n) is 5.70. The van der Waals surface area contributed by atoms with Crippen molar-refractivity contribution in [2.24, 2.45) is 0 Å². The van der Waals surface area contributed by atoms with Crippen LogP contribution in [-0.2, 0) is 16.1 Å². The second-order valence-corrected chi connectivity index (χ2v) is 4.02. The third-order valence-corrected chi connectivity index (χ3v) is 2.70. The maximum absolute atomic E-state index is 11.6. The van der Waals surface area contributed by atoms with Crippen LogP contribution in [-0.4, -0.2) is 34.8 Å². The molecule has 90 valence electrons. The predicted octanol–water partition coefficient (Wildman–Crippen LogP) is 0.320. The van der Waals surface area contributed by atoms with Crippen molar-refractivity contribution < 1.29 is 9.59 Å². The zero-order valence-corrected chi connectivity index (χ0v) is 9.56. The Balaban J connectivity index is 1.76. The van der Waals surface area contributed by atoms with Gasteiger partial charge in [-0.25, -0.2) is 0 Å². The molecule has 2 heterocycles. The maximum Gasteiger partial charge on any atom is 0.239 e. The third-order valence-electron chi connectivity index (χ3n) is 2.70. The van der Waals surface area contributed by atoms with Crippen molar-refractivity contribution in [1.82, 2.24) is 15.2 Å². The van der Waals surface area contributed by atoms with Crippen molar-refractivity contribution in [3.63, 3.8) is 0 Å². The fourth-order valence-electron chi connectivity index (χ4n) is 1.79. The Hall–Kier alpha value is -1.91. The van der Waals surface area contributed by atoms with Crippen LogP contribution in [0.4, 0.5) is 0 Å². The first kappa shape index (κ1) is 11.6. The van der Waals surface area contributed by atoms with E-state index in [0.717, 1.165) is 12.1 Å². The average Bonchev–Trinajstić information content (AvgIpc) is 2.74. The number of hydrogen-bond acceptors (Lipinski definition) is 3. The molecule has 0 unspecified atom stereocenters. The Bertz CT molecular complexity index is 405. The number of carbonyl (C=O) groups excluding carboxylic acids is 2. The number of hydrogen-bond donors (Lipinski definition) is 1. The van der Waals surface area contributed by atoms with Gasteiger partial charge in [-0.05, 0) is 18.6 Å². The number of amides is 2. The zero-order chi connectivity index (χ0) is 12.1. The molecular formula is C12H15N3O2. The Labute approximate surface area is 99.8 Å². The van der Waals surface area contributed by atoms with E-state index in [1.807, 2.05) is 18.2 Å². The summed E-state index contributed by atoms with van der Waals surface area (Å²) in [5.74, 6) is -0.0658. The summed E-state index contributed by atoms with van der Waals surface area (Å²) in [7, 11) is 0. The van der Waals surface area contributed by atoms with Crippen LogP contribution < -0.4 is 5.32 Å². The van der Waals surface area contributed by atoms with E-state index >= 15 is 0 Å². The van der Waals surface area contributed by atoms with Crippen LogP contribution in [0.15, 0.2) is 24.4 Å². The van der Waals surface area contributed by atoms with Gasteiger partial charge in [0, 0.05) is 19.2 Å². The molecule has 1 saturated heterocycles. The quantitative estimate of drug-likeness (QED) is 0.814. The number of nitrogens with one attached hydrogen (secondary N) is 1. The van der Waals surface area contributed by atoms with Crippen molar-refractivity contribution in [2.75, 3.05) is 13.1 Å². The normalized spacial score (nSPS) is 15.1. The van der Waals surface area contributed by atoms with E-state index < -0.39 is 0 Å². The Morgan fingerprint density at radius 1 is 1.47 bits per heavy atom. The SMILES string of the molecule is O=C(CN1CCCC1=O)NCc1ccccn1. The lowest BCUT2D eigenvalue weighted by Crippen LogP contribution is -2.37. The Kier molecular flexibility index (Phi) is 3.69. The molecular weight excluding hydrogens is 218 g/mol. The molecule has 5 heteroatoms. The van der Waals surface area contributed by atoms with Gasteiger partial charge in [0.15, 0.2) is 0 Å². The monoisotopic (exact) mass is 233 g/mol. The van der Waals surface area contributed by atoms with Gasteiger partial charge in [-0.2, -0.15) is 0 Å². The molecule has 0 aromatic carbocycles. The summed E-state index contributed by atoms with van der Waals surface area (Å²) in [5.41, 5.74) is 0.814. The van der Waals surface area contributed by atoms with Crippen molar-refractivity contribution in [1.29, 1.82) is 0 Å². The van der Waals surface area contributed by atoms with E-state index in [2.05, 4.69) is 10.3 Å². The third kappa shape index (κ3) is 3.27. The summed E-state index contributed by atoms with van der Waals surface area (Å²) in [5, 5.41) is 2.75. The molecule has 1 aliphatic heterocycles. The molecule has 2 rings (SSSR count). The minimum Gasteiger partial charge on any atom is -0.349 e. The predicted molar refractivity (Wildman–Crippen MR) is 61.9 cm³/mol. The van der Waals surface area contributed by atoms with E-state index in [4.69, 9.17) is 0 Å². The highest BCUT2D eigenvalue weighted by atomic mass is 16.2. The molecule has 17 heavy (non-hydrogen) atoms. The van der Waals surface area contributed by atoms with E-state index in [-0.39, 0.29) is 18.4 Å². The van der Waals surface area contributed by atoms with E-state index in [9.17, 15) is 9.59 Å². The Morgan fingerprint density at radius 3 is 3.00 bits per heavy atom. The minimum absolute atomic E-state index is 0.0676. The molecule has 0 aliphatic carbocycles. The van der Waals surface area contributed by atoms with Crippen molar-refractivity contribution in [3.8, 4) is 0 Å². The van der Waals surface area contributed by atoms with Gasteiger partial charge in [0.25, 0.3) is 0 Å². The molecule has 0 atom stereocenters. The van der Waals surface area contributed by atoms with Crippen LogP contribution in [0.25, 0.3) is 0 Å². The maximum atomic E-state index is 11.6. The fourth-order valence-corrected chi connectivity index (χ4v) is 1.79. The highest BCUT2D eigenvalue weighted by Crippen LogP contribution is 2.08. The van der Waals surface area contributed by atoms with Gasteiger partial charge in [-0.15, -0.1) is 0 Å². The highest BCUT2D eigenvalue weighted by Gasteiger charge is 2.21. The molecule has 0 spiro atoms. The first-order chi connectivity index (χ1) is 8.25. The van der Waals surface area contributed by atoms with Crippen LogP contribution in [0.5, 0.6) is 0 Å². The zero-order valence-electron chi connectivity index (χ0n) is 9.56. The molecule has 0 saturated carbocycles. The van der Waals surface area contributed by atoms with Crippen LogP contribution in [0.2, 0.25) is 0 Å². The van der Waals surface area contributed by atoms with E-state index in [1.54, 1.807) is 11.1 Å².